The van der Waals surface area contributed by atoms with Crippen LogP contribution in [-0.2, 0) is 9.53 Å². The molecule has 0 atom stereocenters. The first kappa shape index (κ1) is 31.8. The number of carbonyl (C=O) groups is 1. The second kappa shape index (κ2) is 26.1. The van der Waals surface area contributed by atoms with E-state index in [2.05, 4.69) is 50.8 Å². The summed E-state index contributed by atoms with van der Waals surface area (Å²) in [5.41, 5.74) is 2.78. The predicted molar refractivity (Wildman–Crippen MR) is 141 cm³/mol. The minimum atomic E-state index is -0.347. The van der Waals surface area contributed by atoms with E-state index in [0.717, 1.165) is 0 Å². The first-order chi connectivity index (χ1) is 14.9. The Morgan fingerprint density at radius 1 is 0.677 bits per heavy atom. The van der Waals surface area contributed by atoms with Crippen LogP contribution in [0.2, 0.25) is 0 Å². The molecule has 31 heavy (non-hydrogen) atoms. The topological polar surface area (TPSA) is 26.3 Å². The number of esters is 1. The van der Waals surface area contributed by atoms with Crippen LogP contribution in [0.4, 0.5) is 0 Å². The summed E-state index contributed by atoms with van der Waals surface area (Å²) in [4.78, 5) is 10.2. The van der Waals surface area contributed by atoms with Crippen LogP contribution in [0.25, 0.3) is 12.2 Å². The molecule has 2 aromatic rings. The third-order valence-electron chi connectivity index (χ3n) is 2.94. The van der Waals surface area contributed by atoms with Crippen LogP contribution >= 0.6 is 0 Å². The molecule has 0 saturated carbocycles. The molecule has 0 aliphatic rings. The Hall–Kier alpha value is -3.91. The number of hydrogen-bond acceptors (Lipinski definition) is 2. The van der Waals surface area contributed by atoms with Crippen molar-refractivity contribution in [1.82, 2.24) is 0 Å². The zero-order valence-electron chi connectivity index (χ0n) is 19.0. The van der Waals surface area contributed by atoms with Crippen molar-refractivity contribution in [1.29, 1.82) is 0 Å². The molecule has 0 N–H and O–H groups in total. The summed E-state index contributed by atoms with van der Waals surface area (Å²) < 4.78 is 4.27. The number of hydrogen-bond donors (Lipinski definition) is 0. The number of carbonyl (C=O) groups excluding carboxylic acids is 1. The maximum atomic E-state index is 10.2. The molecule has 2 heteroatoms. The van der Waals surface area contributed by atoms with Crippen molar-refractivity contribution < 1.29 is 9.53 Å². The lowest BCUT2D eigenvalue weighted by atomic mass is 10.2. The Morgan fingerprint density at radius 2 is 0.968 bits per heavy atom. The average molecular weight is 417 g/mol. The molecule has 0 aromatic heterocycles. The quantitative estimate of drug-likeness (QED) is 0.279. The Morgan fingerprint density at radius 3 is 1.06 bits per heavy atom. The Kier molecular flexibility index (Phi) is 26.7. The van der Waals surface area contributed by atoms with Gasteiger partial charge in [-0.2, -0.15) is 0 Å². The predicted octanol–water partition coefficient (Wildman–Crippen LogP) is 8.11. The monoisotopic (exact) mass is 416 g/mol. The van der Waals surface area contributed by atoms with Crippen LogP contribution in [0.3, 0.4) is 0 Å². The fraction of sp³-hybridized carbons (Fsp3) is 0.0690. The second-order valence-electron chi connectivity index (χ2n) is 5.44. The highest BCUT2D eigenvalue weighted by Gasteiger charge is 1.95. The summed E-state index contributed by atoms with van der Waals surface area (Å²) in [6, 6.07) is 20.1. The van der Waals surface area contributed by atoms with Crippen LogP contribution < -0.4 is 0 Å². The molecule has 0 aliphatic carbocycles. The average Bonchev–Trinajstić information content (AvgIpc) is 2.85. The minimum Gasteiger partial charge on any atom is -0.466 e. The molecule has 164 valence electrons. The Bertz CT molecular complexity index is 701. The Labute approximate surface area is 189 Å². The van der Waals surface area contributed by atoms with E-state index in [9.17, 15) is 4.79 Å². The molecule has 0 fully saturated rings. The van der Waals surface area contributed by atoms with Crippen molar-refractivity contribution in [2.24, 2.45) is 0 Å². The van der Waals surface area contributed by atoms with E-state index < -0.39 is 0 Å². The highest BCUT2D eigenvalue weighted by molar-refractivity contribution is 5.86. The highest BCUT2D eigenvalue weighted by Crippen LogP contribution is 1.98. The molecule has 2 rings (SSSR count). The van der Waals surface area contributed by atoms with Gasteiger partial charge in [0, 0.05) is 5.57 Å². The van der Waals surface area contributed by atoms with Gasteiger partial charge in [-0.1, -0.05) is 143 Å². The first-order valence-electron chi connectivity index (χ1n) is 9.43. The van der Waals surface area contributed by atoms with Gasteiger partial charge in [0.25, 0.3) is 0 Å². The van der Waals surface area contributed by atoms with E-state index in [1.165, 1.54) is 18.2 Å². The molecule has 0 bridgehead atoms. The fourth-order valence-corrected chi connectivity index (χ4v) is 1.35. The summed E-state index contributed by atoms with van der Waals surface area (Å²) in [6.45, 7) is 25.7. The fourth-order valence-electron chi connectivity index (χ4n) is 1.35. The van der Waals surface area contributed by atoms with Crippen LogP contribution in [-0.4, -0.2) is 13.1 Å². The standard InChI is InChI=1S/2C8H8.C5H8O2.2C4H6/c2*1-2-8-6-4-3-5-7-8;1-4(2)5(6)7-3;2*1-3-4-2/h2*2-7H,1H2;1H2,2-3H3;2*3-4H,1-2H2. The van der Waals surface area contributed by atoms with Gasteiger partial charge in [0.05, 0.1) is 7.11 Å². The molecule has 2 aromatic carbocycles. The number of ether oxygens (including phenoxy) is 1. The number of rotatable bonds is 5. The van der Waals surface area contributed by atoms with Gasteiger partial charge in [0.15, 0.2) is 0 Å². The van der Waals surface area contributed by atoms with Gasteiger partial charge < -0.3 is 4.74 Å². The van der Waals surface area contributed by atoms with Gasteiger partial charge in [0.2, 0.25) is 0 Å². The zero-order valence-corrected chi connectivity index (χ0v) is 19.0. The molecule has 0 aliphatic heterocycles. The molecule has 0 saturated heterocycles. The van der Waals surface area contributed by atoms with Crippen LogP contribution in [0, 0.1) is 0 Å². The molecular weight excluding hydrogens is 380 g/mol. The summed E-state index contributed by atoms with van der Waals surface area (Å²) in [5.74, 6) is -0.347. The van der Waals surface area contributed by atoms with E-state index in [0.29, 0.717) is 5.57 Å². The van der Waals surface area contributed by atoms with E-state index in [4.69, 9.17) is 0 Å². The summed E-state index contributed by atoms with van der Waals surface area (Å²) in [5, 5.41) is 0. The lowest BCUT2D eigenvalue weighted by molar-refractivity contribution is -0.136. The second-order valence-corrected chi connectivity index (χ2v) is 5.44. The smallest absolute Gasteiger partial charge is 0.332 e. The Balaban J connectivity index is -0.000000327. The van der Waals surface area contributed by atoms with Crippen molar-refractivity contribution in [2.75, 3.05) is 7.11 Å². The van der Waals surface area contributed by atoms with E-state index in [1.807, 2.05) is 72.8 Å². The number of benzene rings is 2. The van der Waals surface area contributed by atoms with Gasteiger partial charge in [0.1, 0.15) is 0 Å². The molecule has 0 heterocycles. The normalized spacial score (nSPS) is 7.42. The number of allylic oxidation sites excluding steroid dienone is 4. The van der Waals surface area contributed by atoms with E-state index in [-0.39, 0.29) is 5.97 Å². The van der Waals surface area contributed by atoms with Gasteiger partial charge in [-0.15, -0.1) is 0 Å². The van der Waals surface area contributed by atoms with E-state index >= 15 is 0 Å². The molecular formula is C29H36O2. The van der Waals surface area contributed by atoms with Crippen LogP contribution in [0.5, 0.6) is 0 Å². The number of methoxy groups -OCH3 is 1. The van der Waals surface area contributed by atoms with Crippen LogP contribution in [0.15, 0.2) is 137 Å². The summed E-state index contributed by atoms with van der Waals surface area (Å²) in [7, 11) is 1.33. The lowest BCUT2D eigenvalue weighted by Gasteiger charge is -1.91. The third kappa shape index (κ3) is 26.1. The summed E-state index contributed by atoms with van der Waals surface area (Å²) in [6.07, 6.45) is 10.2. The minimum absolute atomic E-state index is 0.347. The highest BCUT2D eigenvalue weighted by atomic mass is 16.5. The van der Waals surface area contributed by atoms with Gasteiger partial charge >= 0.3 is 5.97 Å². The third-order valence-corrected chi connectivity index (χ3v) is 2.94. The molecule has 0 unspecified atom stereocenters. The van der Waals surface area contributed by atoms with Gasteiger partial charge in [-0.3, -0.25) is 0 Å². The van der Waals surface area contributed by atoms with Crippen molar-refractivity contribution in [3.8, 4) is 0 Å². The van der Waals surface area contributed by atoms with Gasteiger partial charge in [-0.25, -0.2) is 4.79 Å². The molecule has 0 amide bonds. The van der Waals surface area contributed by atoms with Crippen molar-refractivity contribution in [3.63, 3.8) is 0 Å². The SMILES string of the molecule is C=C(C)C(=O)OC.C=CC=C.C=CC=C.C=Cc1ccccc1.C=Cc1ccccc1. The largest absolute Gasteiger partial charge is 0.466 e. The van der Waals surface area contributed by atoms with Gasteiger partial charge in [-0.05, 0) is 18.1 Å². The summed E-state index contributed by atoms with van der Waals surface area (Å²) >= 11 is 0. The zero-order chi connectivity index (χ0) is 24.3. The first-order valence-corrected chi connectivity index (χ1v) is 9.43. The van der Waals surface area contributed by atoms with Crippen molar-refractivity contribution in [3.05, 3.63) is 148 Å². The lowest BCUT2D eigenvalue weighted by Crippen LogP contribution is -1.98. The van der Waals surface area contributed by atoms with Crippen molar-refractivity contribution >= 4 is 18.1 Å². The van der Waals surface area contributed by atoms with Crippen LogP contribution in [0.1, 0.15) is 18.1 Å². The maximum absolute atomic E-state index is 10.2. The molecule has 2 nitrogen and oxygen atoms in total. The van der Waals surface area contributed by atoms with E-state index in [1.54, 1.807) is 31.2 Å². The molecule has 0 spiro atoms. The van der Waals surface area contributed by atoms with Crippen molar-refractivity contribution in [2.45, 2.75) is 6.92 Å². The molecule has 0 radical (unpaired) electrons. The maximum Gasteiger partial charge on any atom is 0.332 e.